The fourth-order valence-corrected chi connectivity index (χ4v) is 5.67. The molecule has 38 heavy (non-hydrogen) atoms. The van der Waals surface area contributed by atoms with Gasteiger partial charge in [0.05, 0.1) is 39.6 Å². The molecule has 7 nitrogen and oxygen atoms in total. The van der Waals surface area contributed by atoms with E-state index in [-0.39, 0.29) is 17.7 Å². The summed E-state index contributed by atoms with van der Waals surface area (Å²) in [4.78, 5) is 31.9. The van der Waals surface area contributed by atoms with Gasteiger partial charge in [0, 0.05) is 17.2 Å². The van der Waals surface area contributed by atoms with Crippen LogP contribution in [0.25, 0.3) is 17.4 Å². The lowest BCUT2D eigenvalue weighted by Gasteiger charge is -2.25. The molecule has 0 unspecified atom stereocenters. The molecule has 0 fully saturated rings. The minimum absolute atomic E-state index is 0.193. The number of rotatable bonds is 6. The number of allylic oxidation sites excluding steroid dienone is 1. The van der Waals surface area contributed by atoms with Crippen LogP contribution in [0.15, 0.2) is 80.1 Å². The number of esters is 1. The molecule has 194 valence electrons. The zero-order chi connectivity index (χ0) is 27.0. The average molecular weight is 569 g/mol. The summed E-state index contributed by atoms with van der Waals surface area (Å²) in [5.41, 5.74) is 1.86. The Balaban J connectivity index is 1.65. The zero-order valence-electron chi connectivity index (χ0n) is 20.7. The van der Waals surface area contributed by atoms with Crippen LogP contribution in [0.3, 0.4) is 0 Å². The summed E-state index contributed by atoms with van der Waals surface area (Å²) in [6, 6.07) is 15.3. The lowest BCUT2D eigenvalue weighted by molar-refractivity contribution is -0.139. The van der Waals surface area contributed by atoms with Crippen LogP contribution in [0.5, 0.6) is 5.75 Å². The number of carbonyl (C=O) groups excluding carboxylic acids is 1. The first-order chi connectivity index (χ1) is 18.3. The number of methoxy groups -OCH3 is 1. The fourth-order valence-electron chi connectivity index (χ4n) is 4.34. The van der Waals surface area contributed by atoms with Crippen molar-refractivity contribution in [3.8, 4) is 17.1 Å². The molecule has 0 radical (unpaired) electrons. The second-order valence-corrected chi connectivity index (χ2v) is 10.2. The summed E-state index contributed by atoms with van der Waals surface area (Å²) < 4.78 is 18.8. The van der Waals surface area contributed by atoms with Crippen molar-refractivity contribution in [2.24, 2.45) is 4.99 Å². The van der Waals surface area contributed by atoms with Gasteiger partial charge < -0.3 is 13.9 Å². The van der Waals surface area contributed by atoms with Crippen molar-refractivity contribution >= 4 is 46.6 Å². The Bertz CT molecular complexity index is 1770. The molecule has 3 heterocycles. The lowest BCUT2D eigenvalue weighted by Crippen LogP contribution is -2.40. The highest BCUT2D eigenvalue weighted by atomic mass is 35.5. The summed E-state index contributed by atoms with van der Waals surface area (Å²) in [5, 5.41) is 0.866. The number of benzene rings is 2. The summed E-state index contributed by atoms with van der Waals surface area (Å²) in [6.07, 6.45) is 1.66. The molecule has 10 heteroatoms. The van der Waals surface area contributed by atoms with Crippen LogP contribution in [0.4, 0.5) is 0 Å². The minimum atomic E-state index is -0.771. The highest BCUT2D eigenvalue weighted by Gasteiger charge is 2.35. The molecule has 1 atom stereocenters. The summed E-state index contributed by atoms with van der Waals surface area (Å²) in [7, 11) is 1.55. The summed E-state index contributed by atoms with van der Waals surface area (Å²) in [6.45, 7) is 3.66. The van der Waals surface area contributed by atoms with E-state index >= 15 is 0 Å². The summed E-state index contributed by atoms with van der Waals surface area (Å²) in [5.74, 6) is 1.07. The van der Waals surface area contributed by atoms with Gasteiger partial charge in [0.2, 0.25) is 0 Å². The van der Waals surface area contributed by atoms with Gasteiger partial charge in [-0.1, -0.05) is 52.7 Å². The van der Waals surface area contributed by atoms with E-state index in [1.807, 2.05) is 18.2 Å². The Hall–Kier alpha value is -3.59. The molecule has 5 rings (SSSR count). The van der Waals surface area contributed by atoms with Gasteiger partial charge in [0.15, 0.2) is 4.80 Å². The molecule has 2 aromatic carbocycles. The predicted octanol–water partition coefficient (Wildman–Crippen LogP) is 5.37. The molecule has 0 bridgehead atoms. The van der Waals surface area contributed by atoms with Gasteiger partial charge in [-0.15, -0.1) is 0 Å². The number of halogens is 2. The van der Waals surface area contributed by atoms with Gasteiger partial charge in [-0.3, -0.25) is 9.36 Å². The Morgan fingerprint density at radius 3 is 2.68 bits per heavy atom. The third-order valence-corrected chi connectivity index (χ3v) is 7.78. The molecule has 1 aliphatic heterocycles. The number of para-hydroxylation sites is 1. The number of fused-ring (bicyclic) bond motifs is 1. The van der Waals surface area contributed by atoms with Crippen LogP contribution < -0.4 is 19.6 Å². The largest absolute Gasteiger partial charge is 0.496 e. The number of ether oxygens (including phenoxy) is 2. The minimum Gasteiger partial charge on any atom is -0.496 e. The second-order valence-electron chi connectivity index (χ2n) is 8.38. The maximum atomic E-state index is 13.8. The molecule has 4 aromatic rings. The van der Waals surface area contributed by atoms with Crippen molar-refractivity contribution in [3.05, 3.63) is 107 Å². The molecule has 0 N–H and O–H groups in total. The van der Waals surface area contributed by atoms with Crippen molar-refractivity contribution in [1.82, 2.24) is 4.57 Å². The van der Waals surface area contributed by atoms with Gasteiger partial charge in [-0.2, -0.15) is 0 Å². The first-order valence-corrected chi connectivity index (χ1v) is 13.3. The predicted molar refractivity (Wildman–Crippen MR) is 148 cm³/mol. The number of thiazole rings is 1. The van der Waals surface area contributed by atoms with Gasteiger partial charge >= 0.3 is 5.97 Å². The van der Waals surface area contributed by atoms with Crippen LogP contribution in [-0.2, 0) is 9.53 Å². The smallest absolute Gasteiger partial charge is 0.338 e. The van der Waals surface area contributed by atoms with Crippen molar-refractivity contribution in [1.29, 1.82) is 0 Å². The Labute approximate surface area is 231 Å². The standard InChI is InChI=1S/C28H22Cl2N2O5S/c1-4-36-27(34)24-15(2)31-28-32(25(24)18-7-5-6-8-22(18)35-3)26(33)23(38-28)14-17-10-12-21(37-17)16-9-11-19(29)20(30)13-16/h5-14,25H,4H2,1-3H3/b23-14+/t25-/m0/s1. The normalized spacial score (nSPS) is 15.3. The van der Waals surface area contributed by atoms with Gasteiger partial charge in [-0.05, 0) is 50.2 Å². The number of hydrogen-bond donors (Lipinski definition) is 0. The SMILES string of the molecule is CCOC(=O)C1=C(C)N=c2s/c(=C/c3ccc(-c4ccc(Cl)c(Cl)c4)o3)c(=O)n2[C@H]1c1ccccc1OC. The van der Waals surface area contributed by atoms with E-state index in [1.54, 1.807) is 63.4 Å². The van der Waals surface area contributed by atoms with E-state index < -0.39 is 12.0 Å². The first-order valence-electron chi connectivity index (χ1n) is 11.7. The number of carbonyl (C=O) groups is 1. The molecule has 2 aromatic heterocycles. The monoisotopic (exact) mass is 568 g/mol. The topological polar surface area (TPSA) is 83.0 Å². The number of aromatic nitrogens is 1. The first kappa shape index (κ1) is 26.0. The number of nitrogens with zero attached hydrogens (tertiary/aromatic N) is 2. The van der Waals surface area contributed by atoms with Crippen molar-refractivity contribution < 1.29 is 18.7 Å². The molecule has 1 aliphatic rings. The third-order valence-electron chi connectivity index (χ3n) is 6.05. The van der Waals surface area contributed by atoms with Gasteiger partial charge in [0.1, 0.15) is 23.3 Å². The Morgan fingerprint density at radius 2 is 1.95 bits per heavy atom. The van der Waals surface area contributed by atoms with E-state index in [4.69, 9.17) is 37.1 Å². The van der Waals surface area contributed by atoms with Gasteiger partial charge in [-0.25, -0.2) is 9.79 Å². The van der Waals surface area contributed by atoms with E-state index in [0.29, 0.717) is 47.9 Å². The van der Waals surface area contributed by atoms with Crippen LogP contribution in [0, 0.1) is 0 Å². The van der Waals surface area contributed by atoms with Crippen molar-refractivity contribution in [3.63, 3.8) is 0 Å². The quantitative estimate of drug-likeness (QED) is 0.292. The average Bonchev–Trinajstić information content (AvgIpc) is 3.49. The molecule has 0 amide bonds. The fraction of sp³-hybridized carbons (Fsp3) is 0.179. The third kappa shape index (κ3) is 4.71. The van der Waals surface area contributed by atoms with E-state index in [0.717, 1.165) is 5.56 Å². The van der Waals surface area contributed by atoms with Crippen molar-refractivity contribution in [2.45, 2.75) is 19.9 Å². The maximum absolute atomic E-state index is 13.8. The Morgan fingerprint density at radius 1 is 1.16 bits per heavy atom. The van der Waals surface area contributed by atoms with E-state index in [1.165, 1.54) is 15.9 Å². The molecule has 0 aliphatic carbocycles. The van der Waals surface area contributed by atoms with E-state index in [9.17, 15) is 9.59 Å². The molecule has 0 saturated carbocycles. The summed E-state index contributed by atoms with van der Waals surface area (Å²) >= 11 is 13.4. The Kier molecular flexibility index (Phi) is 7.29. The maximum Gasteiger partial charge on any atom is 0.338 e. The van der Waals surface area contributed by atoms with Crippen LogP contribution in [-0.4, -0.2) is 24.3 Å². The van der Waals surface area contributed by atoms with Crippen LogP contribution >= 0.6 is 34.5 Å². The zero-order valence-corrected chi connectivity index (χ0v) is 23.0. The van der Waals surface area contributed by atoms with Crippen LogP contribution in [0.2, 0.25) is 10.0 Å². The molecular weight excluding hydrogens is 547 g/mol. The second kappa shape index (κ2) is 10.6. The molecule has 0 saturated heterocycles. The highest BCUT2D eigenvalue weighted by Crippen LogP contribution is 2.35. The lowest BCUT2D eigenvalue weighted by atomic mass is 9.95. The molecule has 0 spiro atoms. The van der Waals surface area contributed by atoms with Gasteiger partial charge in [0.25, 0.3) is 5.56 Å². The number of furan rings is 1. The number of hydrogen-bond acceptors (Lipinski definition) is 7. The highest BCUT2D eigenvalue weighted by molar-refractivity contribution is 7.07. The van der Waals surface area contributed by atoms with Crippen molar-refractivity contribution in [2.75, 3.05) is 13.7 Å². The van der Waals surface area contributed by atoms with Crippen LogP contribution in [0.1, 0.15) is 31.2 Å². The molecular formula is C28H22Cl2N2O5S. The van der Waals surface area contributed by atoms with E-state index in [2.05, 4.69) is 4.99 Å².